The number of nitroso groups, excluding NO2 is 1. The number of methoxy groups -OCH3 is 3. The zero-order chi connectivity index (χ0) is 21.8. The first-order valence-electron chi connectivity index (χ1n) is 9.77. The molecule has 1 heterocycles. The van der Waals surface area contributed by atoms with Crippen molar-refractivity contribution in [1.29, 1.82) is 0 Å². The Balaban J connectivity index is 1.80. The molecule has 31 heavy (non-hydrogen) atoms. The summed E-state index contributed by atoms with van der Waals surface area (Å²) in [5.41, 5.74) is 4.26. The molecule has 4 rings (SSSR count). The topological polar surface area (TPSA) is 70.0 Å². The molecular formula is C25H22N2O4. The van der Waals surface area contributed by atoms with Gasteiger partial charge in [-0.25, -0.2) is 0 Å². The van der Waals surface area contributed by atoms with Crippen LogP contribution in [0.4, 0.5) is 5.69 Å². The number of pyridine rings is 1. The fourth-order valence-corrected chi connectivity index (χ4v) is 3.68. The van der Waals surface area contributed by atoms with Gasteiger partial charge in [-0.15, -0.1) is 4.91 Å². The van der Waals surface area contributed by atoms with E-state index in [0.717, 1.165) is 38.9 Å². The molecule has 0 atom stereocenters. The third-order valence-electron chi connectivity index (χ3n) is 5.27. The van der Waals surface area contributed by atoms with Crippen LogP contribution in [-0.4, -0.2) is 26.3 Å². The van der Waals surface area contributed by atoms with E-state index < -0.39 is 0 Å². The number of aromatic nitrogens is 1. The SMILES string of the molecule is COc1ccc(Cc2nccc3cc(OC)c(-c4ccc(N=O)cc4)cc23)cc1OC. The van der Waals surface area contributed by atoms with Crippen LogP contribution in [0.2, 0.25) is 0 Å². The second kappa shape index (κ2) is 8.83. The van der Waals surface area contributed by atoms with Gasteiger partial charge in [-0.3, -0.25) is 4.98 Å². The number of benzene rings is 3. The second-order valence-electron chi connectivity index (χ2n) is 7.04. The average Bonchev–Trinajstić information content (AvgIpc) is 2.83. The third-order valence-corrected chi connectivity index (χ3v) is 5.27. The molecule has 0 fully saturated rings. The third kappa shape index (κ3) is 4.05. The van der Waals surface area contributed by atoms with Crippen LogP contribution in [0.1, 0.15) is 11.3 Å². The van der Waals surface area contributed by atoms with Gasteiger partial charge in [-0.2, -0.15) is 0 Å². The Morgan fingerprint density at radius 3 is 2.23 bits per heavy atom. The maximum Gasteiger partial charge on any atom is 0.160 e. The summed E-state index contributed by atoms with van der Waals surface area (Å²) in [4.78, 5) is 15.4. The van der Waals surface area contributed by atoms with Crippen LogP contribution in [0, 0.1) is 4.91 Å². The summed E-state index contributed by atoms with van der Waals surface area (Å²) in [6.07, 6.45) is 2.44. The minimum Gasteiger partial charge on any atom is -0.496 e. The van der Waals surface area contributed by atoms with Crippen molar-refractivity contribution in [3.63, 3.8) is 0 Å². The molecule has 0 saturated carbocycles. The average molecular weight is 414 g/mol. The van der Waals surface area contributed by atoms with Crippen molar-refractivity contribution in [2.75, 3.05) is 21.3 Å². The molecule has 3 aromatic carbocycles. The number of fused-ring (bicyclic) bond motifs is 1. The van der Waals surface area contributed by atoms with Gasteiger partial charge >= 0.3 is 0 Å². The minimum atomic E-state index is 0.388. The lowest BCUT2D eigenvalue weighted by Gasteiger charge is -2.14. The summed E-state index contributed by atoms with van der Waals surface area (Å²) in [7, 11) is 4.90. The molecule has 0 aliphatic heterocycles. The normalized spacial score (nSPS) is 10.7. The van der Waals surface area contributed by atoms with Crippen LogP contribution in [-0.2, 0) is 6.42 Å². The number of nitrogens with zero attached hydrogens (tertiary/aromatic N) is 2. The maximum absolute atomic E-state index is 10.8. The zero-order valence-electron chi connectivity index (χ0n) is 17.6. The van der Waals surface area contributed by atoms with Crippen molar-refractivity contribution in [3.05, 3.63) is 83.0 Å². The van der Waals surface area contributed by atoms with E-state index in [4.69, 9.17) is 14.2 Å². The van der Waals surface area contributed by atoms with Crippen molar-refractivity contribution < 1.29 is 14.2 Å². The van der Waals surface area contributed by atoms with E-state index in [1.807, 2.05) is 48.7 Å². The molecule has 0 amide bonds. The molecule has 0 aliphatic carbocycles. The quantitative estimate of drug-likeness (QED) is 0.351. The van der Waals surface area contributed by atoms with E-state index in [1.54, 1.807) is 33.5 Å². The summed E-state index contributed by atoms with van der Waals surface area (Å²) in [5, 5.41) is 5.05. The number of ether oxygens (including phenoxy) is 3. The monoisotopic (exact) mass is 414 g/mol. The number of hydrogen-bond donors (Lipinski definition) is 0. The summed E-state index contributed by atoms with van der Waals surface area (Å²) in [5.74, 6) is 2.13. The predicted octanol–water partition coefficient (Wildman–Crippen LogP) is 5.92. The highest BCUT2D eigenvalue weighted by Gasteiger charge is 2.13. The first-order chi connectivity index (χ1) is 15.2. The maximum atomic E-state index is 10.8. The fraction of sp³-hybridized carbons (Fsp3) is 0.160. The molecule has 0 saturated heterocycles. The smallest absolute Gasteiger partial charge is 0.160 e. The Bertz CT molecular complexity index is 1240. The first kappa shape index (κ1) is 20.3. The molecule has 0 N–H and O–H groups in total. The van der Waals surface area contributed by atoms with Crippen LogP contribution < -0.4 is 14.2 Å². The standard InChI is InChI=1S/C25H22N2O4/c1-29-23-9-4-16(13-25(23)31-3)12-22-20-15-21(17-5-7-19(27-28)8-6-17)24(30-2)14-18(20)10-11-26-22/h4-11,13-15H,12H2,1-3H3. The van der Waals surface area contributed by atoms with E-state index in [1.165, 1.54) is 0 Å². The molecule has 156 valence electrons. The van der Waals surface area contributed by atoms with Gasteiger partial charge in [0.2, 0.25) is 0 Å². The van der Waals surface area contributed by atoms with Crippen LogP contribution in [0.5, 0.6) is 17.2 Å². The highest BCUT2D eigenvalue weighted by atomic mass is 16.5. The van der Waals surface area contributed by atoms with E-state index in [0.29, 0.717) is 23.6 Å². The van der Waals surface area contributed by atoms with Crippen molar-refractivity contribution in [1.82, 2.24) is 4.98 Å². The summed E-state index contributed by atoms with van der Waals surface area (Å²) < 4.78 is 16.4. The van der Waals surface area contributed by atoms with Gasteiger partial charge in [0.25, 0.3) is 0 Å². The van der Waals surface area contributed by atoms with Crippen molar-refractivity contribution in [2.24, 2.45) is 5.18 Å². The van der Waals surface area contributed by atoms with Gasteiger partial charge in [0, 0.05) is 23.6 Å². The highest BCUT2D eigenvalue weighted by Crippen LogP contribution is 2.36. The lowest BCUT2D eigenvalue weighted by Crippen LogP contribution is -1.97. The Hall–Kier alpha value is -3.93. The van der Waals surface area contributed by atoms with Gasteiger partial charge in [-0.05, 0) is 64.2 Å². The summed E-state index contributed by atoms with van der Waals surface area (Å²) >= 11 is 0. The Morgan fingerprint density at radius 1 is 0.806 bits per heavy atom. The fourth-order valence-electron chi connectivity index (χ4n) is 3.68. The van der Waals surface area contributed by atoms with Gasteiger partial charge in [0.1, 0.15) is 11.4 Å². The van der Waals surface area contributed by atoms with E-state index >= 15 is 0 Å². The Morgan fingerprint density at radius 2 is 1.55 bits per heavy atom. The van der Waals surface area contributed by atoms with E-state index in [2.05, 4.69) is 16.2 Å². The van der Waals surface area contributed by atoms with Crippen molar-refractivity contribution >= 4 is 16.5 Å². The zero-order valence-corrected chi connectivity index (χ0v) is 17.6. The number of rotatable bonds is 7. The Labute approximate surface area is 180 Å². The lowest BCUT2D eigenvalue weighted by atomic mass is 9.97. The summed E-state index contributed by atoms with van der Waals surface area (Å²) in [6.45, 7) is 0. The molecule has 0 unspecified atom stereocenters. The predicted molar refractivity (Wildman–Crippen MR) is 122 cm³/mol. The highest BCUT2D eigenvalue weighted by molar-refractivity contribution is 5.92. The van der Waals surface area contributed by atoms with Crippen molar-refractivity contribution in [3.8, 4) is 28.4 Å². The first-order valence-corrected chi connectivity index (χ1v) is 9.77. The molecule has 0 bridgehead atoms. The van der Waals surface area contributed by atoms with Crippen LogP contribution in [0.25, 0.3) is 21.9 Å². The van der Waals surface area contributed by atoms with Crippen LogP contribution in [0.3, 0.4) is 0 Å². The lowest BCUT2D eigenvalue weighted by molar-refractivity contribution is 0.354. The van der Waals surface area contributed by atoms with Gasteiger partial charge < -0.3 is 14.2 Å². The van der Waals surface area contributed by atoms with Crippen LogP contribution in [0.15, 0.2) is 72.0 Å². The molecule has 6 nitrogen and oxygen atoms in total. The molecule has 0 radical (unpaired) electrons. The molecule has 6 heteroatoms. The molecule has 0 spiro atoms. The molecular weight excluding hydrogens is 392 g/mol. The largest absolute Gasteiger partial charge is 0.496 e. The second-order valence-corrected chi connectivity index (χ2v) is 7.04. The minimum absolute atomic E-state index is 0.388. The van der Waals surface area contributed by atoms with E-state index in [9.17, 15) is 4.91 Å². The van der Waals surface area contributed by atoms with Gasteiger partial charge in [0.15, 0.2) is 11.5 Å². The molecule has 0 aliphatic rings. The molecule has 4 aromatic rings. The summed E-state index contributed by atoms with van der Waals surface area (Å²) in [6, 6.07) is 19.1. The molecule has 1 aromatic heterocycles. The van der Waals surface area contributed by atoms with Crippen LogP contribution >= 0.6 is 0 Å². The number of hydrogen-bond acceptors (Lipinski definition) is 6. The van der Waals surface area contributed by atoms with E-state index in [-0.39, 0.29) is 0 Å². The van der Waals surface area contributed by atoms with Crippen molar-refractivity contribution in [2.45, 2.75) is 6.42 Å². The Kier molecular flexibility index (Phi) is 5.80. The van der Waals surface area contributed by atoms with Gasteiger partial charge in [0.05, 0.1) is 27.0 Å². The van der Waals surface area contributed by atoms with Gasteiger partial charge in [-0.1, -0.05) is 18.2 Å².